The number of fused-ring (bicyclic) bond motifs is 2. The molecule has 1 N–H and O–H groups in total. The van der Waals surface area contributed by atoms with Gasteiger partial charge in [-0.2, -0.15) is 0 Å². The molecule has 1 fully saturated rings. The number of hydrogen-bond donors (Lipinski definition) is 1. The molecule has 0 bridgehead atoms. The third kappa shape index (κ3) is 5.06. The van der Waals surface area contributed by atoms with Gasteiger partial charge in [0, 0.05) is 26.2 Å². The van der Waals surface area contributed by atoms with Gasteiger partial charge < -0.3 is 19.6 Å². The van der Waals surface area contributed by atoms with Crippen LogP contribution in [0.5, 0.6) is 0 Å². The van der Waals surface area contributed by atoms with E-state index in [4.69, 9.17) is 4.74 Å². The molecule has 1 heterocycles. The molecule has 2 amide bonds. The number of benzene rings is 2. The molecule has 2 aromatic carbocycles. The van der Waals surface area contributed by atoms with Crippen molar-refractivity contribution in [3.8, 4) is 0 Å². The Balaban J connectivity index is 1.62. The van der Waals surface area contributed by atoms with Crippen molar-refractivity contribution >= 4 is 12.0 Å². The summed E-state index contributed by atoms with van der Waals surface area (Å²) in [7, 11) is 0. The molecule has 2 aromatic rings. The quantitative estimate of drug-likeness (QED) is 0.773. The summed E-state index contributed by atoms with van der Waals surface area (Å²) in [5.41, 5.74) is 3.97. The number of aryl methyl sites for hydroxylation is 2. The molecule has 0 saturated carbocycles. The van der Waals surface area contributed by atoms with Crippen LogP contribution in [0.25, 0.3) is 0 Å². The van der Waals surface area contributed by atoms with Crippen molar-refractivity contribution in [2.75, 3.05) is 26.2 Å². The smallest absolute Gasteiger partial charge is 0.410 e. The minimum Gasteiger partial charge on any atom is -0.444 e. The molecule has 0 unspecified atom stereocenters. The van der Waals surface area contributed by atoms with E-state index in [1.165, 1.54) is 11.1 Å². The van der Waals surface area contributed by atoms with Gasteiger partial charge in [-0.15, -0.1) is 0 Å². The number of carbonyl (C=O) groups is 2. The maximum atomic E-state index is 14.0. The number of ether oxygens (including phenoxy) is 1. The highest BCUT2D eigenvalue weighted by Gasteiger charge is 2.38. The van der Waals surface area contributed by atoms with E-state index < -0.39 is 11.7 Å². The van der Waals surface area contributed by atoms with Gasteiger partial charge in [0.1, 0.15) is 5.60 Å². The molecule has 6 nitrogen and oxygen atoms in total. The molecule has 176 valence electrons. The zero-order chi connectivity index (χ0) is 23.6. The van der Waals surface area contributed by atoms with Crippen LogP contribution in [0, 0.1) is 0 Å². The van der Waals surface area contributed by atoms with Gasteiger partial charge in [-0.1, -0.05) is 48.5 Å². The van der Waals surface area contributed by atoms with E-state index in [2.05, 4.69) is 24.3 Å². The molecule has 1 saturated heterocycles. The number of aliphatic hydroxyl groups is 1. The minimum atomic E-state index is -0.596. The number of amides is 2. The van der Waals surface area contributed by atoms with Crippen LogP contribution in [0.15, 0.2) is 48.5 Å². The molecule has 2 aliphatic rings. The normalized spacial score (nSPS) is 18.8. The lowest BCUT2D eigenvalue weighted by molar-refractivity contribution is -0.135. The first-order valence-electron chi connectivity index (χ1n) is 11.8. The molecular weight excluding hydrogens is 416 g/mol. The van der Waals surface area contributed by atoms with Gasteiger partial charge in [0.2, 0.25) is 5.91 Å². The van der Waals surface area contributed by atoms with E-state index in [1.54, 1.807) is 4.90 Å². The average Bonchev–Trinajstić information content (AvgIpc) is 2.94. The Bertz CT molecular complexity index is 966. The molecule has 0 radical (unpaired) electrons. The van der Waals surface area contributed by atoms with Gasteiger partial charge in [-0.3, -0.25) is 4.79 Å². The number of carbonyl (C=O) groups excluding carboxylic acids is 2. The second-order valence-corrected chi connectivity index (χ2v) is 9.95. The Kier molecular flexibility index (Phi) is 6.75. The van der Waals surface area contributed by atoms with Crippen LogP contribution in [-0.2, 0) is 22.4 Å². The highest BCUT2D eigenvalue weighted by molar-refractivity contribution is 5.88. The molecule has 33 heavy (non-hydrogen) atoms. The van der Waals surface area contributed by atoms with Gasteiger partial charge in [0.25, 0.3) is 0 Å². The molecule has 1 aliphatic carbocycles. The Morgan fingerprint density at radius 1 is 0.970 bits per heavy atom. The van der Waals surface area contributed by atoms with Gasteiger partial charge in [-0.05, 0) is 62.3 Å². The Hall–Kier alpha value is -2.86. The third-order valence-electron chi connectivity index (χ3n) is 6.53. The van der Waals surface area contributed by atoms with Crippen LogP contribution in [0.1, 0.15) is 55.4 Å². The third-order valence-corrected chi connectivity index (χ3v) is 6.53. The van der Waals surface area contributed by atoms with E-state index in [0.717, 1.165) is 24.0 Å². The standard InChI is InChI=1S/C27H34N2O4/c1-27(2,3)33-26(32)29-16-15-28(18-21(29)14-17-30)25(31)24-22-10-6-4-8-19(22)12-13-20-9-5-7-11-23(20)24/h4-11,21,24,30H,12-18H2,1-3H3/t21-/m0/s1. The summed E-state index contributed by atoms with van der Waals surface area (Å²) < 4.78 is 5.58. The van der Waals surface area contributed by atoms with E-state index in [9.17, 15) is 14.7 Å². The minimum absolute atomic E-state index is 0.0545. The zero-order valence-electron chi connectivity index (χ0n) is 19.8. The second-order valence-electron chi connectivity index (χ2n) is 9.95. The maximum Gasteiger partial charge on any atom is 0.410 e. The molecule has 1 atom stereocenters. The Labute approximate surface area is 196 Å². The fraction of sp³-hybridized carbons (Fsp3) is 0.481. The Morgan fingerprint density at radius 3 is 2.09 bits per heavy atom. The van der Waals surface area contributed by atoms with Crippen LogP contribution in [0.3, 0.4) is 0 Å². The van der Waals surface area contributed by atoms with Crippen molar-refractivity contribution in [3.05, 3.63) is 70.8 Å². The van der Waals surface area contributed by atoms with Crippen LogP contribution in [0.2, 0.25) is 0 Å². The number of aliphatic hydroxyl groups excluding tert-OH is 1. The first kappa shape index (κ1) is 23.3. The van der Waals surface area contributed by atoms with Crippen molar-refractivity contribution in [2.45, 2.75) is 57.6 Å². The highest BCUT2D eigenvalue weighted by atomic mass is 16.6. The van der Waals surface area contributed by atoms with Crippen LogP contribution in [-0.4, -0.2) is 64.8 Å². The molecule has 4 rings (SSSR count). The first-order valence-corrected chi connectivity index (χ1v) is 11.8. The first-order chi connectivity index (χ1) is 15.8. The van der Waals surface area contributed by atoms with Gasteiger partial charge >= 0.3 is 6.09 Å². The van der Waals surface area contributed by atoms with Crippen LogP contribution in [0.4, 0.5) is 4.79 Å². The van der Waals surface area contributed by atoms with E-state index in [-0.39, 0.29) is 24.5 Å². The summed E-state index contributed by atoms with van der Waals surface area (Å²) >= 11 is 0. The van der Waals surface area contributed by atoms with Crippen LogP contribution >= 0.6 is 0 Å². The largest absolute Gasteiger partial charge is 0.444 e. The summed E-state index contributed by atoms with van der Waals surface area (Å²) in [4.78, 5) is 30.3. The van der Waals surface area contributed by atoms with E-state index >= 15 is 0 Å². The maximum absolute atomic E-state index is 14.0. The summed E-state index contributed by atoms with van der Waals surface area (Å²) in [6.45, 7) is 6.69. The average molecular weight is 451 g/mol. The summed E-state index contributed by atoms with van der Waals surface area (Å²) in [6, 6.07) is 16.2. The monoisotopic (exact) mass is 450 g/mol. The highest BCUT2D eigenvalue weighted by Crippen LogP contribution is 2.36. The number of nitrogens with zero attached hydrogens (tertiary/aromatic N) is 2. The molecule has 0 spiro atoms. The van der Waals surface area contributed by atoms with Crippen molar-refractivity contribution in [3.63, 3.8) is 0 Å². The SMILES string of the molecule is CC(C)(C)OC(=O)N1CCN(C(=O)C2c3ccccc3CCc3ccccc32)C[C@@H]1CCO. The predicted octanol–water partition coefficient (Wildman–Crippen LogP) is 3.75. The number of piperazine rings is 1. The van der Waals surface area contributed by atoms with Crippen molar-refractivity contribution < 1.29 is 19.4 Å². The summed E-state index contributed by atoms with van der Waals surface area (Å²) in [5, 5.41) is 9.64. The van der Waals surface area contributed by atoms with Crippen molar-refractivity contribution in [1.29, 1.82) is 0 Å². The fourth-order valence-electron chi connectivity index (χ4n) is 4.98. The predicted molar refractivity (Wildman–Crippen MR) is 127 cm³/mol. The summed E-state index contributed by atoms with van der Waals surface area (Å²) in [6.07, 6.45) is 1.84. The van der Waals surface area contributed by atoms with Crippen LogP contribution < -0.4 is 0 Å². The molecule has 0 aromatic heterocycles. The van der Waals surface area contributed by atoms with Gasteiger partial charge in [0.15, 0.2) is 0 Å². The van der Waals surface area contributed by atoms with Gasteiger partial charge in [-0.25, -0.2) is 4.79 Å². The van der Waals surface area contributed by atoms with Gasteiger partial charge in [0.05, 0.1) is 12.0 Å². The fourth-order valence-corrected chi connectivity index (χ4v) is 4.98. The Morgan fingerprint density at radius 2 is 1.55 bits per heavy atom. The zero-order valence-corrected chi connectivity index (χ0v) is 19.8. The molecule has 6 heteroatoms. The lowest BCUT2D eigenvalue weighted by Gasteiger charge is -2.42. The second kappa shape index (κ2) is 9.56. The lowest BCUT2D eigenvalue weighted by Crippen LogP contribution is -2.58. The molecular formula is C27H34N2O4. The summed E-state index contributed by atoms with van der Waals surface area (Å²) in [5.74, 6) is -0.300. The lowest BCUT2D eigenvalue weighted by atomic mass is 9.86. The number of rotatable bonds is 3. The topological polar surface area (TPSA) is 70.1 Å². The number of hydrogen-bond acceptors (Lipinski definition) is 4. The van der Waals surface area contributed by atoms with E-state index in [1.807, 2.05) is 49.9 Å². The molecule has 1 aliphatic heterocycles. The van der Waals surface area contributed by atoms with Crippen molar-refractivity contribution in [1.82, 2.24) is 9.80 Å². The van der Waals surface area contributed by atoms with E-state index in [0.29, 0.717) is 26.1 Å². The van der Waals surface area contributed by atoms with Crippen molar-refractivity contribution in [2.24, 2.45) is 0 Å².